The lowest BCUT2D eigenvalue weighted by molar-refractivity contribution is 0.0747. The fraction of sp³-hybridized carbons (Fsp3) is 0.250. The van der Waals surface area contributed by atoms with Gasteiger partial charge in [-0.2, -0.15) is 4.37 Å². The van der Waals surface area contributed by atoms with Gasteiger partial charge in [-0.15, -0.1) is 0 Å². The van der Waals surface area contributed by atoms with Gasteiger partial charge in [0.15, 0.2) is 0 Å². The molecule has 5 nitrogen and oxygen atoms in total. The highest BCUT2D eigenvalue weighted by Crippen LogP contribution is 2.21. The van der Waals surface area contributed by atoms with Gasteiger partial charge in [-0.3, -0.25) is 4.79 Å². The number of halogens is 1. The molecule has 7 heteroatoms. The molecule has 2 aromatic carbocycles. The van der Waals surface area contributed by atoms with Crippen molar-refractivity contribution in [1.82, 2.24) is 14.3 Å². The van der Waals surface area contributed by atoms with Crippen LogP contribution < -0.4 is 4.90 Å². The molecule has 4 rings (SSSR count). The van der Waals surface area contributed by atoms with E-state index in [-0.39, 0.29) is 5.91 Å². The topological polar surface area (TPSA) is 49.3 Å². The second-order valence-electron chi connectivity index (χ2n) is 6.44. The van der Waals surface area contributed by atoms with Crippen molar-refractivity contribution in [3.8, 4) is 0 Å². The SMILES string of the molecule is O=C(c1ccc(Cl)cc1)N1CCN(c2nc(Cc3ccccc3)ns2)CC1. The number of amides is 1. The summed E-state index contributed by atoms with van der Waals surface area (Å²) in [6.07, 6.45) is 0.742. The number of nitrogens with zero attached hydrogens (tertiary/aromatic N) is 4. The molecule has 1 aliphatic rings. The van der Waals surface area contributed by atoms with Crippen LogP contribution in [-0.2, 0) is 6.42 Å². The Hall–Kier alpha value is -2.44. The molecule has 0 radical (unpaired) electrons. The number of benzene rings is 2. The third-order valence-corrected chi connectivity index (χ3v) is 5.66. The second kappa shape index (κ2) is 8.06. The number of anilines is 1. The van der Waals surface area contributed by atoms with Crippen LogP contribution in [-0.4, -0.2) is 46.3 Å². The van der Waals surface area contributed by atoms with E-state index in [0.717, 1.165) is 30.5 Å². The van der Waals surface area contributed by atoms with Gasteiger partial charge in [0.2, 0.25) is 5.13 Å². The summed E-state index contributed by atoms with van der Waals surface area (Å²) in [7, 11) is 0. The maximum Gasteiger partial charge on any atom is 0.253 e. The third-order valence-electron chi connectivity index (χ3n) is 4.59. The Morgan fingerprint density at radius 1 is 1.00 bits per heavy atom. The maximum absolute atomic E-state index is 12.6. The van der Waals surface area contributed by atoms with E-state index < -0.39 is 0 Å². The van der Waals surface area contributed by atoms with E-state index in [1.54, 1.807) is 24.3 Å². The van der Waals surface area contributed by atoms with Gasteiger partial charge in [0, 0.05) is 54.7 Å². The van der Waals surface area contributed by atoms with Crippen molar-refractivity contribution >= 4 is 34.2 Å². The summed E-state index contributed by atoms with van der Waals surface area (Å²) >= 11 is 7.33. The lowest BCUT2D eigenvalue weighted by Gasteiger charge is -2.34. The van der Waals surface area contributed by atoms with Gasteiger partial charge in [0.1, 0.15) is 5.82 Å². The minimum absolute atomic E-state index is 0.0494. The Morgan fingerprint density at radius 2 is 1.70 bits per heavy atom. The molecule has 27 heavy (non-hydrogen) atoms. The van der Waals surface area contributed by atoms with Crippen LogP contribution in [0.5, 0.6) is 0 Å². The second-order valence-corrected chi connectivity index (χ2v) is 7.61. The highest BCUT2D eigenvalue weighted by molar-refractivity contribution is 7.09. The molecule has 1 aromatic heterocycles. The first-order chi connectivity index (χ1) is 13.2. The number of hydrogen-bond acceptors (Lipinski definition) is 5. The van der Waals surface area contributed by atoms with Gasteiger partial charge in [-0.25, -0.2) is 4.98 Å². The predicted molar refractivity (Wildman–Crippen MR) is 109 cm³/mol. The van der Waals surface area contributed by atoms with Crippen LogP contribution in [0.2, 0.25) is 5.02 Å². The van der Waals surface area contributed by atoms with E-state index in [9.17, 15) is 4.79 Å². The summed E-state index contributed by atoms with van der Waals surface area (Å²) < 4.78 is 4.49. The van der Waals surface area contributed by atoms with Crippen LogP contribution in [0.25, 0.3) is 0 Å². The number of carbonyl (C=O) groups is 1. The molecule has 0 aliphatic carbocycles. The minimum atomic E-state index is 0.0494. The standard InChI is InChI=1S/C20H19ClN4OS/c21-17-8-6-16(7-9-17)19(26)24-10-12-25(13-11-24)20-22-18(23-27-20)14-15-4-2-1-3-5-15/h1-9H,10-14H2. The van der Waals surface area contributed by atoms with Crippen LogP contribution >= 0.6 is 23.1 Å². The Bertz CT molecular complexity index is 905. The lowest BCUT2D eigenvalue weighted by Crippen LogP contribution is -2.48. The molecular formula is C20H19ClN4OS. The van der Waals surface area contributed by atoms with Crippen LogP contribution in [0.3, 0.4) is 0 Å². The largest absolute Gasteiger partial charge is 0.343 e. The zero-order valence-corrected chi connectivity index (χ0v) is 16.3. The summed E-state index contributed by atoms with van der Waals surface area (Å²) in [5.74, 6) is 0.897. The molecule has 0 N–H and O–H groups in total. The number of carbonyl (C=O) groups excluding carboxylic acids is 1. The molecule has 1 amide bonds. The van der Waals surface area contributed by atoms with Crippen LogP contribution in [0, 0.1) is 0 Å². The molecule has 1 saturated heterocycles. The normalized spacial score (nSPS) is 14.4. The van der Waals surface area contributed by atoms with Gasteiger partial charge < -0.3 is 9.80 Å². The molecule has 138 valence electrons. The zero-order valence-electron chi connectivity index (χ0n) is 14.7. The van der Waals surface area contributed by atoms with Gasteiger partial charge in [0.25, 0.3) is 5.91 Å². The van der Waals surface area contributed by atoms with Gasteiger partial charge in [0.05, 0.1) is 0 Å². The van der Waals surface area contributed by atoms with Crippen molar-refractivity contribution in [2.24, 2.45) is 0 Å². The number of piperazine rings is 1. The first-order valence-corrected chi connectivity index (χ1v) is 10.0. The summed E-state index contributed by atoms with van der Waals surface area (Å²) in [4.78, 5) is 21.4. The Kier molecular flexibility index (Phi) is 5.36. The average Bonchev–Trinajstić information content (AvgIpc) is 3.17. The fourth-order valence-corrected chi connectivity index (χ4v) is 3.96. The summed E-state index contributed by atoms with van der Waals surface area (Å²) in [5.41, 5.74) is 1.88. The molecule has 0 bridgehead atoms. The average molecular weight is 399 g/mol. The van der Waals surface area contributed by atoms with Crippen molar-refractivity contribution in [3.05, 3.63) is 76.6 Å². The summed E-state index contributed by atoms with van der Waals surface area (Å²) in [6.45, 7) is 2.88. The molecule has 0 atom stereocenters. The summed E-state index contributed by atoms with van der Waals surface area (Å²) in [6, 6.07) is 17.3. The molecule has 2 heterocycles. The Labute approximate surface area is 167 Å². The smallest absolute Gasteiger partial charge is 0.253 e. The number of aromatic nitrogens is 2. The first kappa shape index (κ1) is 17.9. The van der Waals surface area contributed by atoms with E-state index in [1.807, 2.05) is 23.1 Å². The van der Waals surface area contributed by atoms with Gasteiger partial charge >= 0.3 is 0 Å². The van der Waals surface area contributed by atoms with E-state index >= 15 is 0 Å². The molecule has 1 fully saturated rings. The summed E-state index contributed by atoms with van der Waals surface area (Å²) in [5, 5.41) is 1.57. The van der Waals surface area contributed by atoms with Crippen LogP contribution in [0.15, 0.2) is 54.6 Å². The highest BCUT2D eigenvalue weighted by Gasteiger charge is 2.24. The van der Waals surface area contributed by atoms with Crippen molar-refractivity contribution in [1.29, 1.82) is 0 Å². The van der Waals surface area contributed by atoms with Crippen molar-refractivity contribution in [2.45, 2.75) is 6.42 Å². The number of hydrogen-bond donors (Lipinski definition) is 0. The highest BCUT2D eigenvalue weighted by atomic mass is 35.5. The lowest BCUT2D eigenvalue weighted by atomic mass is 10.1. The van der Waals surface area contributed by atoms with E-state index in [0.29, 0.717) is 23.7 Å². The maximum atomic E-state index is 12.6. The first-order valence-electron chi connectivity index (χ1n) is 8.85. The minimum Gasteiger partial charge on any atom is -0.343 e. The Morgan fingerprint density at radius 3 is 2.41 bits per heavy atom. The molecule has 0 unspecified atom stereocenters. The molecule has 0 spiro atoms. The van der Waals surface area contributed by atoms with E-state index in [2.05, 4.69) is 26.4 Å². The fourth-order valence-electron chi connectivity index (χ4n) is 3.10. The molecule has 1 aliphatic heterocycles. The van der Waals surface area contributed by atoms with Crippen LogP contribution in [0.1, 0.15) is 21.7 Å². The monoisotopic (exact) mass is 398 g/mol. The molecule has 3 aromatic rings. The van der Waals surface area contributed by atoms with Gasteiger partial charge in [-0.05, 0) is 29.8 Å². The predicted octanol–water partition coefficient (Wildman–Crippen LogP) is 3.74. The van der Waals surface area contributed by atoms with Crippen molar-refractivity contribution in [2.75, 3.05) is 31.1 Å². The third kappa shape index (κ3) is 4.28. The zero-order chi connectivity index (χ0) is 18.6. The van der Waals surface area contributed by atoms with E-state index in [1.165, 1.54) is 17.1 Å². The van der Waals surface area contributed by atoms with Crippen molar-refractivity contribution < 1.29 is 4.79 Å². The Balaban J connectivity index is 1.35. The molecular weight excluding hydrogens is 380 g/mol. The number of rotatable bonds is 4. The van der Waals surface area contributed by atoms with E-state index in [4.69, 9.17) is 11.6 Å². The van der Waals surface area contributed by atoms with Crippen molar-refractivity contribution in [3.63, 3.8) is 0 Å². The van der Waals surface area contributed by atoms with Gasteiger partial charge in [-0.1, -0.05) is 41.9 Å². The van der Waals surface area contributed by atoms with Crippen LogP contribution in [0.4, 0.5) is 5.13 Å². The molecule has 0 saturated carbocycles. The quantitative estimate of drug-likeness (QED) is 0.671.